The van der Waals surface area contributed by atoms with Gasteiger partial charge in [0.2, 0.25) is 10.0 Å². The molecule has 1 aliphatic heterocycles. The summed E-state index contributed by atoms with van der Waals surface area (Å²) in [6.45, 7) is 12.4. The van der Waals surface area contributed by atoms with E-state index in [9.17, 15) is 8.42 Å². The minimum atomic E-state index is -3.55. The third-order valence-electron chi connectivity index (χ3n) is 5.96. The summed E-state index contributed by atoms with van der Waals surface area (Å²) < 4.78 is 34.2. The summed E-state index contributed by atoms with van der Waals surface area (Å²) in [5.74, 6) is 0.751. The third kappa shape index (κ3) is 4.88. The molecule has 2 aromatic rings. The smallest absolute Gasteiger partial charge is 0.243 e. The minimum absolute atomic E-state index is 0.163. The predicted molar refractivity (Wildman–Crippen MR) is 122 cm³/mol. The first-order chi connectivity index (χ1) is 14.2. The number of nitrogens with zero attached hydrogens (tertiary/aromatic N) is 2. The highest BCUT2D eigenvalue weighted by atomic mass is 32.2. The Morgan fingerprint density at radius 2 is 1.63 bits per heavy atom. The van der Waals surface area contributed by atoms with E-state index in [1.165, 1.54) is 5.56 Å². The third-order valence-corrected chi connectivity index (χ3v) is 7.93. The molecule has 2 atom stereocenters. The second-order valence-electron chi connectivity index (χ2n) is 8.31. The SMILES string of the molecule is CCOc1cc(C)c(S(=O)(=O)N2CC(C)N(CCc3ccccc3)C(C)C2)cc1C. The van der Waals surface area contributed by atoms with Crippen LogP contribution in [0.25, 0.3) is 0 Å². The fourth-order valence-corrected chi connectivity index (χ4v) is 6.23. The van der Waals surface area contributed by atoms with E-state index in [4.69, 9.17) is 4.74 Å². The van der Waals surface area contributed by atoms with Gasteiger partial charge in [-0.05, 0) is 69.9 Å². The molecule has 1 saturated heterocycles. The van der Waals surface area contributed by atoms with E-state index in [2.05, 4.69) is 43.0 Å². The fourth-order valence-electron chi connectivity index (χ4n) is 4.34. The van der Waals surface area contributed by atoms with E-state index < -0.39 is 10.0 Å². The quantitative estimate of drug-likeness (QED) is 0.666. The van der Waals surface area contributed by atoms with E-state index in [0.29, 0.717) is 24.6 Å². The van der Waals surface area contributed by atoms with Crippen LogP contribution in [0.1, 0.15) is 37.5 Å². The van der Waals surface area contributed by atoms with Crippen molar-refractivity contribution in [3.05, 3.63) is 59.2 Å². The van der Waals surface area contributed by atoms with Gasteiger partial charge in [0, 0.05) is 31.7 Å². The van der Waals surface area contributed by atoms with Crippen LogP contribution in [0.2, 0.25) is 0 Å². The Labute approximate surface area is 181 Å². The first-order valence-electron chi connectivity index (χ1n) is 10.8. The van der Waals surface area contributed by atoms with Crippen molar-refractivity contribution in [2.75, 3.05) is 26.2 Å². The molecule has 5 nitrogen and oxygen atoms in total. The highest BCUT2D eigenvalue weighted by Crippen LogP contribution is 2.30. The number of piperazine rings is 1. The van der Waals surface area contributed by atoms with Gasteiger partial charge in [-0.1, -0.05) is 30.3 Å². The van der Waals surface area contributed by atoms with E-state index in [-0.39, 0.29) is 12.1 Å². The topological polar surface area (TPSA) is 49.9 Å². The van der Waals surface area contributed by atoms with Crippen molar-refractivity contribution < 1.29 is 13.2 Å². The predicted octanol–water partition coefficient (Wildman–Crippen LogP) is 4.03. The number of benzene rings is 2. The fraction of sp³-hybridized carbons (Fsp3) is 0.500. The molecule has 0 aliphatic carbocycles. The summed E-state index contributed by atoms with van der Waals surface area (Å²) >= 11 is 0. The lowest BCUT2D eigenvalue weighted by Crippen LogP contribution is -2.58. The van der Waals surface area contributed by atoms with E-state index in [1.807, 2.05) is 32.9 Å². The Bertz CT molecular complexity index is 948. The van der Waals surface area contributed by atoms with Crippen LogP contribution in [0.15, 0.2) is 47.4 Å². The average Bonchev–Trinajstić information content (AvgIpc) is 2.70. The zero-order valence-electron chi connectivity index (χ0n) is 18.8. The number of sulfonamides is 1. The molecule has 30 heavy (non-hydrogen) atoms. The molecule has 0 radical (unpaired) electrons. The van der Waals surface area contributed by atoms with E-state index in [0.717, 1.165) is 29.8 Å². The molecule has 0 saturated carbocycles. The average molecular weight is 431 g/mol. The number of ether oxygens (including phenoxy) is 1. The van der Waals surface area contributed by atoms with Crippen LogP contribution in [-0.4, -0.2) is 55.9 Å². The van der Waals surface area contributed by atoms with Crippen LogP contribution in [0.3, 0.4) is 0 Å². The molecule has 1 fully saturated rings. The molecule has 0 aromatic heterocycles. The van der Waals surface area contributed by atoms with Gasteiger partial charge in [0.1, 0.15) is 5.75 Å². The van der Waals surface area contributed by atoms with Crippen LogP contribution in [0.5, 0.6) is 5.75 Å². The Hall–Kier alpha value is -1.89. The Kier molecular flexibility index (Phi) is 7.22. The molecule has 0 bridgehead atoms. The number of aryl methyl sites for hydroxylation is 2. The van der Waals surface area contributed by atoms with Crippen molar-refractivity contribution in [2.45, 2.75) is 58.0 Å². The first-order valence-corrected chi connectivity index (χ1v) is 12.2. The summed E-state index contributed by atoms with van der Waals surface area (Å²) in [5.41, 5.74) is 2.90. The maximum atomic E-state index is 13.5. The molecule has 164 valence electrons. The maximum absolute atomic E-state index is 13.5. The summed E-state index contributed by atoms with van der Waals surface area (Å²) in [7, 11) is -3.55. The van der Waals surface area contributed by atoms with Gasteiger partial charge in [0.25, 0.3) is 0 Å². The monoisotopic (exact) mass is 430 g/mol. The molecule has 0 N–H and O–H groups in total. The van der Waals surface area contributed by atoms with Crippen LogP contribution >= 0.6 is 0 Å². The zero-order valence-corrected chi connectivity index (χ0v) is 19.6. The molecular formula is C24H34N2O3S. The van der Waals surface area contributed by atoms with Gasteiger partial charge in [-0.25, -0.2) is 8.42 Å². The van der Waals surface area contributed by atoms with Gasteiger partial charge >= 0.3 is 0 Å². The maximum Gasteiger partial charge on any atom is 0.243 e. The second-order valence-corrected chi connectivity index (χ2v) is 10.2. The standard InChI is InChI=1S/C24H34N2O3S/c1-6-29-23-14-19(3)24(15-18(23)2)30(27,28)25-16-20(4)26(21(5)17-25)13-12-22-10-8-7-9-11-22/h7-11,14-15,20-21H,6,12-13,16-17H2,1-5H3. The highest BCUT2D eigenvalue weighted by Gasteiger charge is 2.36. The van der Waals surface area contributed by atoms with Crippen molar-refractivity contribution in [3.63, 3.8) is 0 Å². The van der Waals surface area contributed by atoms with Crippen molar-refractivity contribution in [1.82, 2.24) is 9.21 Å². The second kappa shape index (κ2) is 9.50. The zero-order chi connectivity index (χ0) is 21.9. The minimum Gasteiger partial charge on any atom is -0.494 e. The van der Waals surface area contributed by atoms with Gasteiger partial charge in [-0.2, -0.15) is 4.31 Å². The molecule has 1 aliphatic rings. The van der Waals surface area contributed by atoms with E-state index in [1.54, 1.807) is 10.4 Å². The summed E-state index contributed by atoms with van der Waals surface area (Å²) in [6.07, 6.45) is 0.972. The Morgan fingerprint density at radius 3 is 2.23 bits per heavy atom. The number of rotatable bonds is 7. The van der Waals surface area contributed by atoms with Crippen molar-refractivity contribution in [3.8, 4) is 5.75 Å². The summed E-state index contributed by atoms with van der Waals surface area (Å²) in [4.78, 5) is 2.82. The van der Waals surface area contributed by atoms with Crippen molar-refractivity contribution in [1.29, 1.82) is 0 Å². The van der Waals surface area contributed by atoms with Crippen molar-refractivity contribution in [2.24, 2.45) is 0 Å². The lowest BCUT2D eigenvalue weighted by atomic mass is 10.1. The molecule has 1 heterocycles. The van der Waals surface area contributed by atoms with Gasteiger partial charge in [0.05, 0.1) is 11.5 Å². The molecule has 6 heteroatoms. The molecule has 0 spiro atoms. The van der Waals surface area contributed by atoms with E-state index >= 15 is 0 Å². The van der Waals surface area contributed by atoms with Crippen LogP contribution in [0, 0.1) is 13.8 Å². The Morgan fingerprint density at radius 1 is 1.00 bits per heavy atom. The van der Waals surface area contributed by atoms with Crippen LogP contribution in [-0.2, 0) is 16.4 Å². The Balaban J connectivity index is 1.75. The molecule has 2 unspecified atom stereocenters. The number of hydrogen-bond donors (Lipinski definition) is 0. The first kappa shape index (κ1) is 22.8. The van der Waals surface area contributed by atoms with Crippen LogP contribution in [0.4, 0.5) is 0 Å². The number of hydrogen-bond acceptors (Lipinski definition) is 4. The summed E-state index contributed by atoms with van der Waals surface area (Å²) in [5, 5.41) is 0. The van der Waals surface area contributed by atoms with Gasteiger partial charge in [-0.15, -0.1) is 0 Å². The molecule has 3 rings (SSSR count). The van der Waals surface area contributed by atoms with Crippen molar-refractivity contribution >= 4 is 10.0 Å². The van der Waals surface area contributed by atoms with Crippen LogP contribution < -0.4 is 4.74 Å². The molecule has 0 amide bonds. The molecular weight excluding hydrogens is 396 g/mol. The van der Waals surface area contributed by atoms with Gasteiger partial charge in [-0.3, -0.25) is 4.90 Å². The van der Waals surface area contributed by atoms with Gasteiger partial charge < -0.3 is 4.74 Å². The summed E-state index contributed by atoms with van der Waals surface area (Å²) in [6, 6.07) is 14.4. The largest absolute Gasteiger partial charge is 0.494 e. The molecule has 2 aromatic carbocycles. The normalized spacial score (nSPS) is 21.0. The highest BCUT2D eigenvalue weighted by molar-refractivity contribution is 7.89. The lowest BCUT2D eigenvalue weighted by molar-refractivity contribution is 0.0783. The lowest BCUT2D eigenvalue weighted by Gasteiger charge is -2.44. The van der Waals surface area contributed by atoms with Gasteiger partial charge in [0.15, 0.2) is 0 Å².